The third kappa shape index (κ3) is 3.80. The predicted molar refractivity (Wildman–Crippen MR) is 91.7 cm³/mol. The Kier molecular flexibility index (Phi) is 5.47. The van der Waals surface area contributed by atoms with Gasteiger partial charge in [0.2, 0.25) is 4.77 Å². The van der Waals surface area contributed by atoms with Crippen LogP contribution in [0, 0.1) is 11.7 Å². The zero-order chi connectivity index (χ0) is 16.3. The lowest BCUT2D eigenvalue weighted by atomic mass is 10.2. The summed E-state index contributed by atoms with van der Waals surface area (Å²) in [4.78, 5) is 0. The van der Waals surface area contributed by atoms with Gasteiger partial charge in [-0.25, -0.2) is 4.68 Å². The first-order valence-corrected chi connectivity index (χ1v) is 8.03. The van der Waals surface area contributed by atoms with Crippen LogP contribution in [-0.4, -0.2) is 28.1 Å². The number of nitrogens with zero attached hydrogens (tertiary/aromatic N) is 2. The Bertz CT molecular complexity index is 711. The molecule has 0 saturated carbocycles. The fourth-order valence-corrected chi connectivity index (χ4v) is 2.65. The van der Waals surface area contributed by atoms with E-state index in [1.807, 2.05) is 32.9 Å². The van der Waals surface area contributed by atoms with Crippen molar-refractivity contribution in [1.82, 2.24) is 14.9 Å². The zero-order valence-corrected chi connectivity index (χ0v) is 15.3. The summed E-state index contributed by atoms with van der Waals surface area (Å²) in [5.41, 5.74) is 4.25. The molecular weight excluding hydrogens is 368 g/mol. The molecule has 0 aliphatic carbocycles. The first kappa shape index (κ1) is 16.8. The Balaban J connectivity index is 2.23. The van der Waals surface area contributed by atoms with Gasteiger partial charge in [0.1, 0.15) is 5.82 Å². The second-order valence-corrected chi connectivity index (χ2v) is 6.25. The number of benzene rings is 1. The minimum atomic E-state index is 0.0803. The Morgan fingerprint density at radius 3 is 2.68 bits per heavy atom. The van der Waals surface area contributed by atoms with Crippen molar-refractivity contribution in [3.8, 4) is 11.5 Å². The number of aromatic nitrogens is 3. The van der Waals surface area contributed by atoms with Crippen molar-refractivity contribution in [2.75, 3.05) is 12.5 Å². The quantitative estimate of drug-likeness (QED) is 0.743. The average molecular weight is 387 g/mol. The molecule has 8 heteroatoms. The molecule has 22 heavy (non-hydrogen) atoms. The zero-order valence-electron chi connectivity index (χ0n) is 12.9. The van der Waals surface area contributed by atoms with Crippen LogP contribution in [0.3, 0.4) is 0 Å². The van der Waals surface area contributed by atoms with Gasteiger partial charge in [-0.3, -0.25) is 5.10 Å². The maximum atomic E-state index is 5.75. The van der Waals surface area contributed by atoms with Crippen molar-refractivity contribution < 1.29 is 9.47 Å². The molecule has 0 saturated heterocycles. The summed E-state index contributed by atoms with van der Waals surface area (Å²) >= 11 is 8.73. The SMILES string of the molecule is COc1cc(CNn2c(C)n[nH]c2=S)c(Br)cc1OC(C)C. The molecule has 0 bridgehead atoms. The molecule has 1 aromatic carbocycles. The van der Waals surface area contributed by atoms with Gasteiger partial charge in [0.25, 0.3) is 0 Å². The molecule has 120 valence electrons. The highest BCUT2D eigenvalue weighted by Gasteiger charge is 2.12. The standard InChI is InChI=1S/C14H19BrN4O2S/c1-8(2)21-13-6-11(15)10(5-12(13)20-4)7-16-19-9(3)17-18-14(19)22/h5-6,8,16H,7H2,1-4H3,(H,18,22). The van der Waals surface area contributed by atoms with Crippen molar-refractivity contribution >= 4 is 28.1 Å². The van der Waals surface area contributed by atoms with Crippen LogP contribution in [0.15, 0.2) is 16.6 Å². The average Bonchev–Trinajstić information content (AvgIpc) is 2.77. The van der Waals surface area contributed by atoms with Gasteiger partial charge in [-0.05, 0) is 50.7 Å². The van der Waals surface area contributed by atoms with Crippen LogP contribution in [0.25, 0.3) is 0 Å². The summed E-state index contributed by atoms with van der Waals surface area (Å²) in [6.45, 7) is 6.39. The third-order valence-electron chi connectivity index (χ3n) is 2.96. The Morgan fingerprint density at radius 1 is 1.41 bits per heavy atom. The van der Waals surface area contributed by atoms with Gasteiger partial charge in [0, 0.05) is 4.47 Å². The summed E-state index contributed by atoms with van der Waals surface area (Å²) < 4.78 is 14.3. The molecule has 0 unspecified atom stereocenters. The van der Waals surface area contributed by atoms with Crippen molar-refractivity contribution in [3.63, 3.8) is 0 Å². The number of hydrogen-bond acceptors (Lipinski definition) is 5. The van der Waals surface area contributed by atoms with Crippen LogP contribution in [0.4, 0.5) is 0 Å². The maximum absolute atomic E-state index is 5.75. The number of aromatic amines is 1. The summed E-state index contributed by atoms with van der Waals surface area (Å²) in [5, 5.41) is 6.80. The Hall–Kier alpha value is -1.54. The van der Waals surface area contributed by atoms with Crippen LogP contribution in [0.5, 0.6) is 11.5 Å². The molecule has 6 nitrogen and oxygen atoms in total. The number of H-pyrrole nitrogens is 1. The highest BCUT2D eigenvalue weighted by Crippen LogP contribution is 2.34. The molecule has 0 spiro atoms. The Morgan fingerprint density at radius 2 is 2.14 bits per heavy atom. The van der Waals surface area contributed by atoms with Crippen LogP contribution < -0.4 is 14.9 Å². The topological polar surface area (TPSA) is 64.1 Å². The normalized spacial score (nSPS) is 10.8. The molecule has 0 aliphatic rings. The first-order valence-electron chi connectivity index (χ1n) is 6.83. The minimum absolute atomic E-state index is 0.0803. The molecule has 2 aromatic rings. The Labute approximate surface area is 142 Å². The van der Waals surface area contributed by atoms with Crippen molar-refractivity contribution in [3.05, 3.63) is 32.8 Å². The molecule has 0 aliphatic heterocycles. The maximum Gasteiger partial charge on any atom is 0.214 e. The number of rotatable bonds is 6. The van der Waals surface area contributed by atoms with Gasteiger partial charge in [0.05, 0.1) is 19.8 Å². The number of nitrogens with one attached hydrogen (secondary N) is 2. The summed E-state index contributed by atoms with van der Waals surface area (Å²) in [6, 6.07) is 3.85. The van der Waals surface area contributed by atoms with E-state index in [2.05, 4.69) is 31.6 Å². The van der Waals surface area contributed by atoms with E-state index in [0.717, 1.165) is 15.9 Å². The van der Waals surface area contributed by atoms with Gasteiger partial charge in [-0.2, -0.15) is 5.10 Å². The number of hydrogen-bond donors (Lipinski definition) is 2. The molecule has 0 fully saturated rings. The fraction of sp³-hybridized carbons (Fsp3) is 0.429. The van der Waals surface area contributed by atoms with Gasteiger partial charge < -0.3 is 14.9 Å². The van der Waals surface area contributed by atoms with E-state index < -0.39 is 0 Å². The molecular formula is C14H19BrN4O2S. The van der Waals surface area contributed by atoms with Gasteiger partial charge in [0.15, 0.2) is 11.5 Å². The van der Waals surface area contributed by atoms with E-state index in [9.17, 15) is 0 Å². The summed E-state index contributed by atoms with van der Waals surface area (Å²) in [6.07, 6.45) is 0.0803. The lowest BCUT2D eigenvalue weighted by Gasteiger charge is -2.16. The van der Waals surface area contributed by atoms with Gasteiger partial charge in [-0.15, -0.1) is 0 Å². The number of halogens is 1. The van der Waals surface area contributed by atoms with Crippen molar-refractivity contribution in [2.24, 2.45) is 0 Å². The highest BCUT2D eigenvalue weighted by molar-refractivity contribution is 9.10. The van der Waals surface area contributed by atoms with E-state index in [1.54, 1.807) is 11.8 Å². The number of methoxy groups -OCH3 is 1. The predicted octanol–water partition coefficient (Wildman–Crippen LogP) is 3.55. The lowest BCUT2D eigenvalue weighted by molar-refractivity contribution is 0.230. The van der Waals surface area contributed by atoms with Crippen molar-refractivity contribution in [1.29, 1.82) is 0 Å². The number of ether oxygens (including phenoxy) is 2. The van der Waals surface area contributed by atoms with E-state index >= 15 is 0 Å². The minimum Gasteiger partial charge on any atom is -0.493 e. The number of aryl methyl sites for hydroxylation is 1. The lowest BCUT2D eigenvalue weighted by Crippen LogP contribution is -2.16. The fourth-order valence-electron chi connectivity index (χ4n) is 1.94. The molecule has 2 rings (SSSR count). The molecule has 1 heterocycles. The largest absolute Gasteiger partial charge is 0.493 e. The summed E-state index contributed by atoms with van der Waals surface area (Å²) in [5.74, 6) is 2.18. The smallest absolute Gasteiger partial charge is 0.214 e. The van der Waals surface area contributed by atoms with E-state index in [-0.39, 0.29) is 6.10 Å². The molecule has 2 N–H and O–H groups in total. The van der Waals surface area contributed by atoms with Crippen LogP contribution in [0.1, 0.15) is 25.2 Å². The van der Waals surface area contributed by atoms with E-state index in [4.69, 9.17) is 21.7 Å². The second kappa shape index (κ2) is 7.15. The first-order chi connectivity index (χ1) is 10.4. The molecule has 0 atom stereocenters. The van der Waals surface area contributed by atoms with Gasteiger partial charge in [-0.1, -0.05) is 15.9 Å². The monoisotopic (exact) mass is 386 g/mol. The highest BCUT2D eigenvalue weighted by atomic mass is 79.9. The van der Waals surface area contributed by atoms with Crippen LogP contribution >= 0.6 is 28.1 Å². The molecule has 0 radical (unpaired) electrons. The van der Waals surface area contributed by atoms with E-state index in [0.29, 0.717) is 22.8 Å². The van der Waals surface area contributed by atoms with Crippen molar-refractivity contribution in [2.45, 2.75) is 33.4 Å². The molecule has 1 aromatic heterocycles. The summed E-state index contributed by atoms with van der Waals surface area (Å²) in [7, 11) is 1.63. The van der Waals surface area contributed by atoms with Gasteiger partial charge >= 0.3 is 0 Å². The van der Waals surface area contributed by atoms with Crippen LogP contribution in [0.2, 0.25) is 0 Å². The third-order valence-corrected chi connectivity index (χ3v) is 3.98. The second-order valence-electron chi connectivity index (χ2n) is 5.01. The van der Waals surface area contributed by atoms with E-state index in [1.165, 1.54) is 0 Å². The van der Waals surface area contributed by atoms with Crippen LogP contribution in [-0.2, 0) is 6.54 Å². The molecule has 0 amide bonds.